The maximum Gasteiger partial charge on any atom is 0.355 e. The molecule has 0 spiro atoms. The highest BCUT2D eigenvalue weighted by Gasteiger charge is 2.26. The Morgan fingerprint density at radius 2 is 1.79 bits per heavy atom. The highest BCUT2D eigenvalue weighted by molar-refractivity contribution is 7.90. The van der Waals surface area contributed by atoms with E-state index >= 15 is 0 Å². The first kappa shape index (κ1) is 23.0. The minimum atomic E-state index is -4.08. The van der Waals surface area contributed by atoms with Crippen LogP contribution in [-0.4, -0.2) is 40.5 Å². The molecule has 0 saturated heterocycles. The van der Waals surface area contributed by atoms with Crippen molar-refractivity contribution >= 4 is 27.6 Å². The van der Waals surface area contributed by atoms with E-state index in [1.807, 2.05) is 6.92 Å². The predicted molar refractivity (Wildman–Crippen MR) is 127 cm³/mol. The molecule has 0 atom stereocenters. The standard InChI is InChI=1S/C24H22N4O5S/c1-15-8-10-18(11-9-15)34(31,32)28-14-17(12-20(28)23(30)33-3)22-16(2)13-25-24(27-22)26-19-6-4-5-7-21(19)29/h4-14,29H,1-3H3,(H,25,26,27). The zero-order valence-electron chi connectivity index (χ0n) is 18.7. The summed E-state index contributed by atoms with van der Waals surface area (Å²) in [7, 11) is -2.90. The summed E-state index contributed by atoms with van der Waals surface area (Å²) >= 11 is 0. The van der Waals surface area contributed by atoms with Crippen molar-refractivity contribution < 1.29 is 23.1 Å². The van der Waals surface area contributed by atoms with Gasteiger partial charge in [0.1, 0.15) is 11.4 Å². The van der Waals surface area contributed by atoms with E-state index in [4.69, 9.17) is 4.74 Å². The number of rotatable bonds is 6. The number of phenolic OH excluding ortho intramolecular Hbond substituents is 1. The summed E-state index contributed by atoms with van der Waals surface area (Å²) < 4.78 is 32.4. The molecule has 0 aliphatic carbocycles. The Hall–Kier alpha value is -4.18. The SMILES string of the molecule is COC(=O)c1cc(-c2nc(Nc3ccccc3O)ncc2C)cn1S(=O)(=O)c1ccc(C)cc1. The molecule has 174 valence electrons. The largest absolute Gasteiger partial charge is 0.506 e. The van der Waals surface area contributed by atoms with Crippen molar-refractivity contribution in [2.24, 2.45) is 0 Å². The van der Waals surface area contributed by atoms with Crippen LogP contribution in [0.1, 0.15) is 21.6 Å². The van der Waals surface area contributed by atoms with E-state index in [0.29, 0.717) is 22.5 Å². The van der Waals surface area contributed by atoms with Gasteiger partial charge in [0.15, 0.2) is 0 Å². The van der Waals surface area contributed by atoms with E-state index in [1.165, 1.54) is 37.6 Å². The summed E-state index contributed by atoms with van der Waals surface area (Å²) in [5, 5.41) is 13.0. The molecule has 0 saturated carbocycles. The average molecular weight is 479 g/mol. The number of aromatic hydroxyl groups is 1. The van der Waals surface area contributed by atoms with Crippen molar-refractivity contribution in [2.75, 3.05) is 12.4 Å². The van der Waals surface area contributed by atoms with E-state index in [1.54, 1.807) is 43.5 Å². The molecular weight excluding hydrogens is 456 g/mol. The minimum absolute atomic E-state index is 0.0246. The molecule has 0 unspecified atom stereocenters. The van der Waals surface area contributed by atoms with Crippen LogP contribution in [0.15, 0.2) is 71.9 Å². The molecule has 2 heterocycles. The van der Waals surface area contributed by atoms with Crippen LogP contribution in [-0.2, 0) is 14.8 Å². The van der Waals surface area contributed by atoms with Crippen molar-refractivity contribution in [1.29, 1.82) is 0 Å². The maximum absolute atomic E-state index is 13.3. The predicted octanol–water partition coefficient (Wildman–Crippen LogP) is 4.03. The van der Waals surface area contributed by atoms with E-state index in [0.717, 1.165) is 9.54 Å². The average Bonchev–Trinajstić information content (AvgIpc) is 3.28. The zero-order chi connectivity index (χ0) is 24.5. The molecule has 2 aromatic heterocycles. The smallest absolute Gasteiger partial charge is 0.355 e. The third-order valence-corrected chi connectivity index (χ3v) is 6.84. The van der Waals surface area contributed by atoms with Gasteiger partial charge in [0.2, 0.25) is 5.95 Å². The van der Waals surface area contributed by atoms with E-state index in [9.17, 15) is 18.3 Å². The van der Waals surface area contributed by atoms with Gasteiger partial charge in [-0.15, -0.1) is 0 Å². The van der Waals surface area contributed by atoms with Crippen molar-refractivity contribution in [1.82, 2.24) is 13.9 Å². The summed E-state index contributed by atoms with van der Waals surface area (Å²) in [4.78, 5) is 21.2. The second-order valence-corrected chi connectivity index (χ2v) is 9.40. The number of ether oxygens (including phenoxy) is 1. The van der Waals surface area contributed by atoms with Crippen LogP contribution in [0.4, 0.5) is 11.6 Å². The number of nitrogens with zero attached hydrogens (tertiary/aromatic N) is 3. The van der Waals surface area contributed by atoms with Gasteiger partial charge in [-0.1, -0.05) is 29.8 Å². The van der Waals surface area contributed by atoms with Gasteiger partial charge < -0.3 is 15.2 Å². The molecule has 0 aliphatic heterocycles. The lowest BCUT2D eigenvalue weighted by Gasteiger charge is -2.10. The molecule has 34 heavy (non-hydrogen) atoms. The molecular formula is C24H22N4O5S. The molecule has 2 aromatic carbocycles. The summed E-state index contributed by atoms with van der Waals surface area (Å²) in [6, 6.07) is 14.4. The number of anilines is 2. The molecule has 10 heteroatoms. The lowest BCUT2D eigenvalue weighted by Crippen LogP contribution is -2.18. The number of esters is 1. The Morgan fingerprint density at radius 1 is 1.09 bits per heavy atom. The Balaban J connectivity index is 1.81. The molecule has 0 amide bonds. The van der Waals surface area contributed by atoms with Crippen molar-refractivity contribution in [2.45, 2.75) is 18.7 Å². The van der Waals surface area contributed by atoms with Gasteiger partial charge in [0.05, 0.1) is 23.4 Å². The normalized spacial score (nSPS) is 11.3. The monoisotopic (exact) mass is 478 g/mol. The Bertz CT molecular complexity index is 1480. The fourth-order valence-electron chi connectivity index (χ4n) is 3.34. The summed E-state index contributed by atoms with van der Waals surface area (Å²) in [5.74, 6) is -0.589. The number of methoxy groups -OCH3 is 1. The first-order chi connectivity index (χ1) is 16.2. The second kappa shape index (κ2) is 8.99. The minimum Gasteiger partial charge on any atom is -0.506 e. The lowest BCUT2D eigenvalue weighted by atomic mass is 10.1. The highest BCUT2D eigenvalue weighted by Crippen LogP contribution is 2.30. The topological polar surface area (TPSA) is 123 Å². The lowest BCUT2D eigenvalue weighted by molar-refractivity contribution is 0.0593. The Morgan fingerprint density at radius 3 is 2.47 bits per heavy atom. The molecule has 0 fully saturated rings. The number of para-hydroxylation sites is 2. The van der Waals surface area contributed by atoms with Gasteiger partial charge in [-0.3, -0.25) is 0 Å². The second-order valence-electron chi connectivity index (χ2n) is 7.59. The van der Waals surface area contributed by atoms with Gasteiger partial charge in [-0.05, 0) is 49.7 Å². The first-order valence-electron chi connectivity index (χ1n) is 10.2. The number of nitrogens with one attached hydrogen (secondary N) is 1. The van der Waals surface area contributed by atoms with E-state index in [-0.39, 0.29) is 22.3 Å². The third-order valence-electron chi connectivity index (χ3n) is 5.15. The van der Waals surface area contributed by atoms with Gasteiger partial charge in [-0.25, -0.2) is 27.2 Å². The van der Waals surface area contributed by atoms with Gasteiger partial charge in [0, 0.05) is 18.0 Å². The summed E-state index contributed by atoms with van der Waals surface area (Å²) in [5.41, 5.74) is 2.61. The Kier molecular flexibility index (Phi) is 6.08. The number of hydrogen-bond donors (Lipinski definition) is 2. The highest BCUT2D eigenvalue weighted by atomic mass is 32.2. The fourth-order valence-corrected chi connectivity index (χ4v) is 4.69. The quantitative estimate of drug-likeness (QED) is 0.314. The molecule has 0 bridgehead atoms. The first-order valence-corrected chi connectivity index (χ1v) is 11.7. The summed E-state index contributed by atoms with van der Waals surface area (Å²) in [6.07, 6.45) is 2.90. The molecule has 4 rings (SSSR count). The van der Waals surface area contributed by atoms with Gasteiger partial charge in [-0.2, -0.15) is 0 Å². The number of phenols is 1. The van der Waals surface area contributed by atoms with Gasteiger partial charge in [0.25, 0.3) is 10.0 Å². The maximum atomic E-state index is 13.3. The van der Waals surface area contributed by atoms with E-state index < -0.39 is 16.0 Å². The fraction of sp³-hybridized carbons (Fsp3) is 0.125. The van der Waals surface area contributed by atoms with Crippen molar-refractivity contribution in [3.8, 4) is 17.0 Å². The Labute approximate surface area is 196 Å². The van der Waals surface area contributed by atoms with E-state index in [2.05, 4.69) is 15.3 Å². The molecule has 9 nitrogen and oxygen atoms in total. The van der Waals surface area contributed by atoms with Gasteiger partial charge >= 0.3 is 5.97 Å². The summed E-state index contributed by atoms with van der Waals surface area (Å²) in [6.45, 7) is 3.62. The molecule has 0 aliphatic rings. The number of carbonyl (C=O) groups is 1. The van der Waals surface area contributed by atoms with Crippen LogP contribution in [0.3, 0.4) is 0 Å². The third kappa shape index (κ3) is 4.35. The van der Waals surface area contributed by atoms with Crippen LogP contribution in [0.2, 0.25) is 0 Å². The number of hydrogen-bond acceptors (Lipinski definition) is 8. The van der Waals surface area contributed by atoms with Crippen molar-refractivity contribution in [3.05, 3.63) is 83.8 Å². The molecule has 2 N–H and O–H groups in total. The number of aromatic nitrogens is 3. The van der Waals surface area contributed by atoms with Crippen LogP contribution in [0.5, 0.6) is 5.75 Å². The van der Waals surface area contributed by atoms with Crippen molar-refractivity contribution in [3.63, 3.8) is 0 Å². The zero-order valence-corrected chi connectivity index (χ0v) is 19.5. The van der Waals surface area contributed by atoms with Crippen LogP contribution in [0.25, 0.3) is 11.3 Å². The van der Waals surface area contributed by atoms with Crippen LogP contribution < -0.4 is 5.32 Å². The molecule has 0 radical (unpaired) electrons. The number of benzene rings is 2. The van der Waals surface area contributed by atoms with Crippen LogP contribution in [0, 0.1) is 13.8 Å². The molecule has 4 aromatic rings. The van der Waals surface area contributed by atoms with Crippen LogP contribution >= 0.6 is 0 Å². The number of carbonyl (C=O) groups excluding carboxylic acids is 1. The number of aryl methyl sites for hydroxylation is 2.